The van der Waals surface area contributed by atoms with E-state index in [4.69, 9.17) is 19.3 Å². The average molecular weight is 372 g/mol. The van der Waals surface area contributed by atoms with Crippen LogP contribution in [0.25, 0.3) is 0 Å². The SMILES string of the molecule is CCOc1cc(C(=O)N/N=C/c2ccc(OCC(=O)O)cc2)ccc1OC. The molecule has 27 heavy (non-hydrogen) atoms. The van der Waals surface area contributed by atoms with Crippen LogP contribution in [0.3, 0.4) is 0 Å². The number of nitrogens with one attached hydrogen (secondary N) is 1. The monoisotopic (exact) mass is 372 g/mol. The first-order valence-electron chi connectivity index (χ1n) is 8.12. The molecule has 0 saturated heterocycles. The van der Waals surface area contributed by atoms with Crippen molar-refractivity contribution in [2.24, 2.45) is 5.10 Å². The summed E-state index contributed by atoms with van der Waals surface area (Å²) >= 11 is 0. The predicted molar refractivity (Wildman–Crippen MR) is 98.8 cm³/mol. The van der Waals surface area contributed by atoms with Crippen molar-refractivity contribution in [2.45, 2.75) is 6.92 Å². The highest BCUT2D eigenvalue weighted by Crippen LogP contribution is 2.27. The smallest absolute Gasteiger partial charge is 0.341 e. The molecular weight excluding hydrogens is 352 g/mol. The molecule has 142 valence electrons. The highest BCUT2D eigenvalue weighted by atomic mass is 16.5. The van der Waals surface area contributed by atoms with Crippen molar-refractivity contribution < 1.29 is 28.9 Å². The van der Waals surface area contributed by atoms with Gasteiger partial charge in [0.1, 0.15) is 5.75 Å². The quantitative estimate of drug-likeness (QED) is 0.517. The molecule has 8 heteroatoms. The Labute approximate surface area is 156 Å². The maximum absolute atomic E-state index is 12.2. The Morgan fingerprint density at radius 1 is 1.11 bits per heavy atom. The molecule has 0 aromatic heterocycles. The summed E-state index contributed by atoms with van der Waals surface area (Å²) in [6, 6.07) is 11.5. The molecule has 2 N–H and O–H groups in total. The van der Waals surface area contributed by atoms with Gasteiger partial charge in [0, 0.05) is 5.56 Å². The van der Waals surface area contributed by atoms with E-state index >= 15 is 0 Å². The van der Waals surface area contributed by atoms with Crippen molar-refractivity contribution in [3.63, 3.8) is 0 Å². The summed E-state index contributed by atoms with van der Waals surface area (Å²) < 4.78 is 15.7. The zero-order chi connectivity index (χ0) is 19.6. The van der Waals surface area contributed by atoms with E-state index in [0.29, 0.717) is 35.0 Å². The standard InChI is InChI=1S/C19H20N2O6/c1-3-26-17-10-14(6-9-16(17)25-2)19(24)21-20-11-13-4-7-15(8-5-13)27-12-18(22)23/h4-11H,3,12H2,1-2H3,(H,21,24)(H,22,23)/b20-11+. The number of hydrogen-bond donors (Lipinski definition) is 2. The van der Waals surface area contributed by atoms with Crippen LogP contribution < -0.4 is 19.6 Å². The van der Waals surface area contributed by atoms with Crippen LogP contribution in [0.5, 0.6) is 17.2 Å². The third-order valence-corrected chi connectivity index (χ3v) is 3.35. The minimum Gasteiger partial charge on any atom is -0.493 e. The van der Waals surface area contributed by atoms with E-state index in [2.05, 4.69) is 10.5 Å². The number of hydrazone groups is 1. The van der Waals surface area contributed by atoms with Crippen molar-refractivity contribution in [1.29, 1.82) is 0 Å². The molecule has 8 nitrogen and oxygen atoms in total. The third kappa shape index (κ3) is 6.03. The first kappa shape index (κ1) is 19.8. The van der Waals surface area contributed by atoms with Crippen LogP contribution in [0.2, 0.25) is 0 Å². The second-order valence-corrected chi connectivity index (χ2v) is 5.25. The number of carbonyl (C=O) groups is 2. The Kier molecular flexibility index (Phi) is 7.18. The third-order valence-electron chi connectivity index (χ3n) is 3.35. The number of methoxy groups -OCH3 is 1. The zero-order valence-corrected chi connectivity index (χ0v) is 15.0. The van der Waals surface area contributed by atoms with Crippen LogP contribution in [0.15, 0.2) is 47.6 Å². The fraction of sp³-hybridized carbons (Fsp3) is 0.211. The Morgan fingerprint density at radius 3 is 2.48 bits per heavy atom. The minimum atomic E-state index is -1.05. The lowest BCUT2D eigenvalue weighted by Gasteiger charge is -2.10. The Morgan fingerprint density at radius 2 is 1.85 bits per heavy atom. The summed E-state index contributed by atoms with van der Waals surface area (Å²) in [4.78, 5) is 22.7. The van der Waals surface area contributed by atoms with Gasteiger partial charge in [-0.25, -0.2) is 10.2 Å². The molecule has 2 rings (SSSR count). The van der Waals surface area contributed by atoms with Gasteiger partial charge in [0.25, 0.3) is 5.91 Å². The van der Waals surface area contributed by atoms with E-state index in [-0.39, 0.29) is 0 Å². The van der Waals surface area contributed by atoms with Crippen LogP contribution in [-0.4, -0.2) is 43.5 Å². The molecule has 0 radical (unpaired) electrons. The van der Waals surface area contributed by atoms with E-state index in [1.165, 1.54) is 13.3 Å². The molecule has 0 fully saturated rings. The van der Waals surface area contributed by atoms with Crippen LogP contribution in [0.1, 0.15) is 22.8 Å². The second kappa shape index (κ2) is 9.81. The van der Waals surface area contributed by atoms with Crippen LogP contribution in [-0.2, 0) is 4.79 Å². The van der Waals surface area contributed by atoms with E-state index in [0.717, 1.165) is 0 Å². The molecule has 0 aliphatic heterocycles. The lowest BCUT2D eigenvalue weighted by molar-refractivity contribution is -0.139. The molecule has 1 amide bonds. The van der Waals surface area contributed by atoms with Gasteiger partial charge in [-0.1, -0.05) is 0 Å². The second-order valence-electron chi connectivity index (χ2n) is 5.25. The number of nitrogens with zero attached hydrogens (tertiary/aromatic N) is 1. The number of ether oxygens (including phenoxy) is 3. The summed E-state index contributed by atoms with van der Waals surface area (Å²) in [5, 5.41) is 12.5. The van der Waals surface area contributed by atoms with Gasteiger partial charge in [0.15, 0.2) is 18.1 Å². The maximum atomic E-state index is 12.2. The molecular formula is C19H20N2O6. The van der Waals surface area contributed by atoms with Crippen molar-refractivity contribution >= 4 is 18.1 Å². The molecule has 0 saturated carbocycles. The Hall–Kier alpha value is -3.55. The average Bonchev–Trinajstić information content (AvgIpc) is 2.67. The topological polar surface area (TPSA) is 106 Å². The summed E-state index contributed by atoms with van der Waals surface area (Å²) in [5.74, 6) is 0.0154. The highest BCUT2D eigenvalue weighted by molar-refractivity contribution is 5.95. The van der Waals surface area contributed by atoms with Gasteiger partial charge in [-0.15, -0.1) is 0 Å². The number of carboxylic acids is 1. The fourth-order valence-electron chi connectivity index (χ4n) is 2.11. The summed E-state index contributed by atoms with van der Waals surface area (Å²) in [6.07, 6.45) is 1.46. The Balaban J connectivity index is 1.96. The van der Waals surface area contributed by atoms with Crippen molar-refractivity contribution in [3.05, 3.63) is 53.6 Å². The first-order valence-corrected chi connectivity index (χ1v) is 8.12. The fourth-order valence-corrected chi connectivity index (χ4v) is 2.11. The van der Waals surface area contributed by atoms with E-state index in [9.17, 15) is 9.59 Å². The molecule has 0 bridgehead atoms. The van der Waals surface area contributed by atoms with Gasteiger partial charge in [-0.2, -0.15) is 5.10 Å². The normalized spacial score (nSPS) is 10.4. The molecule has 0 heterocycles. The van der Waals surface area contributed by atoms with Crippen LogP contribution in [0.4, 0.5) is 0 Å². The largest absolute Gasteiger partial charge is 0.493 e. The number of carboxylic acid groups (broad SMARTS) is 1. The van der Waals surface area contributed by atoms with Crippen molar-refractivity contribution in [1.82, 2.24) is 5.43 Å². The summed E-state index contributed by atoms with van der Waals surface area (Å²) in [6.45, 7) is 1.88. The first-order chi connectivity index (χ1) is 13.0. The Bertz CT molecular complexity index is 817. The van der Waals surface area contributed by atoms with Crippen LogP contribution in [0, 0.1) is 0 Å². The lowest BCUT2D eigenvalue weighted by Crippen LogP contribution is -2.17. The minimum absolute atomic E-state index is 0.383. The predicted octanol–water partition coefficient (Wildman–Crippen LogP) is 2.32. The van der Waals surface area contributed by atoms with E-state index in [1.54, 1.807) is 42.5 Å². The van der Waals surface area contributed by atoms with Gasteiger partial charge in [-0.3, -0.25) is 4.79 Å². The van der Waals surface area contributed by atoms with E-state index < -0.39 is 18.5 Å². The number of carbonyl (C=O) groups excluding carboxylic acids is 1. The zero-order valence-electron chi connectivity index (χ0n) is 15.0. The molecule has 0 unspecified atom stereocenters. The number of hydrogen-bond acceptors (Lipinski definition) is 6. The van der Waals surface area contributed by atoms with Gasteiger partial charge >= 0.3 is 5.97 Å². The van der Waals surface area contributed by atoms with Gasteiger partial charge in [0.05, 0.1) is 19.9 Å². The number of benzene rings is 2. The van der Waals surface area contributed by atoms with Gasteiger partial charge in [-0.05, 0) is 55.0 Å². The van der Waals surface area contributed by atoms with Crippen molar-refractivity contribution in [2.75, 3.05) is 20.3 Å². The molecule has 0 aliphatic carbocycles. The lowest BCUT2D eigenvalue weighted by atomic mass is 10.2. The number of amides is 1. The molecule has 0 aliphatic rings. The molecule has 2 aromatic carbocycles. The number of aliphatic carboxylic acids is 1. The maximum Gasteiger partial charge on any atom is 0.341 e. The molecule has 0 atom stereocenters. The van der Waals surface area contributed by atoms with E-state index in [1.807, 2.05) is 6.92 Å². The molecule has 0 spiro atoms. The highest BCUT2D eigenvalue weighted by Gasteiger charge is 2.10. The number of rotatable bonds is 9. The van der Waals surface area contributed by atoms with Crippen molar-refractivity contribution in [3.8, 4) is 17.2 Å². The molecule has 2 aromatic rings. The summed E-state index contributed by atoms with van der Waals surface area (Å²) in [7, 11) is 1.53. The van der Waals surface area contributed by atoms with Crippen LogP contribution >= 0.6 is 0 Å². The van der Waals surface area contributed by atoms with Gasteiger partial charge in [0.2, 0.25) is 0 Å². The summed E-state index contributed by atoms with van der Waals surface area (Å²) in [5.41, 5.74) is 3.53. The van der Waals surface area contributed by atoms with Gasteiger partial charge < -0.3 is 19.3 Å².